The number of aliphatic hydroxyl groups excluding tert-OH is 1. The highest BCUT2D eigenvalue weighted by Gasteiger charge is 2.51. The number of aromatic nitrogens is 3. The molecule has 0 bridgehead atoms. The summed E-state index contributed by atoms with van der Waals surface area (Å²) in [6.45, 7) is -0.0361. The zero-order chi connectivity index (χ0) is 28.3. The highest BCUT2D eigenvalue weighted by molar-refractivity contribution is 7.89. The molecule has 1 saturated heterocycles. The Bertz CT molecular complexity index is 1680. The zero-order valence-corrected chi connectivity index (χ0v) is 22.3. The van der Waals surface area contributed by atoms with E-state index in [0.717, 1.165) is 41.1 Å². The van der Waals surface area contributed by atoms with Crippen LogP contribution in [0.15, 0.2) is 76.8 Å². The molecule has 0 spiro atoms. The van der Waals surface area contributed by atoms with Crippen LogP contribution in [0.25, 0.3) is 11.8 Å². The van der Waals surface area contributed by atoms with Crippen molar-refractivity contribution in [1.29, 1.82) is 0 Å². The molecule has 2 aromatic carbocycles. The zero-order valence-electron chi connectivity index (χ0n) is 20.7. The SMILES string of the molecule is O=S(=O)(c1ccc(C(F)(F)F)cc1)N1CCC2=Cc3c(cnn3-c3ccc(F)cc3)C[C@]2(C(O)c2nccs2)C1. The molecule has 7 nitrogen and oxygen atoms in total. The van der Waals surface area contributed by atoms with Gasteiger partial charge in [-0.3, -0.25) is 0 Å². The van der Waals surface area contributed by atoms with Crippen LogP contribution < -0.4 is 0 Å². The van der Waals surface area contributed by atoms with Crippen molar-refractivity contribution in [2.75, 3.05) is 13.1 Å². The minimum absolute atomic E-state index is 0.0710. The van der Waals surface area contributed by atoms with Crippen molar-refractivity contribution in [1.82, 2.24) is 19.1 Å². The highest BCUT2D eigenvalue weighted by atomic mass is 32.2. The van der Waals surface area contributed by atoms with Gasteiger partial charge in [-0.1, -0.05) is 5.57 Å². The van der Waals surface area contributed by atoms with E-state index >= 15 is 0 Å². The van der Waals surface area contributed by atoms with E-state index in [9.17, 15) is 31.1 Å². The van der Waals surface area contributed by atoms with Crippen molar-refractivity contribution in [3.05, 3.63) is 99.5 Å². The van der Waals surface area contributed by atoms with Crippen LogP contribution in [-0.4, -0.2) is 45.7 Å². The number of hydrogen-bond donors (Lipinski definition) is 1. The van der Waals surface area contributed by atoms with Crippen LogP contribution in [0.1, 0.15) is 34.4 Å². The lowest BCUT2D eigenvalue weighted by Gasteiger charge is -2.48. The van der Waals surface area contributed by atoms with E-state index in [4.69, 9.17) is 0 Å². The van der Waals surface area contributed by atoms with Gasteiger partial charge in [0.25, 0.3) is 0 Å². The molecule has 208 valence electrons. The number of halogens is 4. The number of fused-ring (bicyclic) bond motifs is 2. The second-order valence-electron chi connectivity index (χ2n) is 9.83. The van der Waals surface area contributed by atoms with Crippen LogP contribution >= 0.6 is 11.3 Å². The minimum atomic E-state index is -4.59. The largest absolute Gasteiger partial charge is 0.416 e. The van der Waals surface area contributed by atoms with E-state index in [1.54, 1.807) is 34.6 Å². The van der Waals surface area contributed by atoms with E-state index in [0.29, 0.717) is 10.7 Å². The molecule has 13 heteroatoms. The Morgan fingerprint density at radius 3 is 2.45 bits per heavy atom. The second-order valence-corrected chi connectivity index (χ2v) is 12.7. The van der Waals surface area contributed by atoms with Crippen molar-refractivity contribution < 1.29 is 31.1 Å². The first kappa shape index (κ1) is 26.8. The summed E-state index contributed by atoms with van der Waals surface area (Å²) < 4.78 is 82.8. The smallest absolute Gasteiger partial charge is 0.385 e. The van der Waals surface area contributed by atoms with E-state index in [1.165, 1.54) is 27.8 Å². The Morgan fingerprint density at radius 1 is 1.07 bits per heavy atom. The minimum Gasteiger partial charge on any atom is -0.385 e. The van der Waals surface area contributed by atoms with Crippen molar-refractivity contribution in [2.24, 2.45) is 5.41 Å². The summed E-state index contributed by atoms with van der Waals surface area (Å²) in [6, 6.07) is 9.29. The predicted octanol–water partition coefficient (Wildman–Crippen LogP) is 5.24. The fourth-order valence-corrected chi connectivity index (χ4v) is 7.73. The van der Waals surface area contributed by atoms with Gasteiger partial charge in [0.1, 0.15) is 16.9 Å². The molecule has 2 atom stereocenters. The lowest BCUT2D eigenvalue weighted by Crippen LogP contribution is -2.52. The lowest BCUT2D eigenvalue weighted by atomic mass is 9.65. The predicted molar refractivity (Wildman–Crippen MR) is 140 cm³/mol. The molecule has 0 radical (unpaired) electrons. The molecule has 6 rings (SSSR count). The van der Waals surface area contributed by atoms with Crippen LogP contribution in [0.5, 0.6) is 0 Å². The molecular weight excluding hydrogens is 568 g/mol. The number of aliphatic hydroxyl groups is 1. The Kier molecular flexibility index (Phi) is 6.44. The summed E-state index contributed by atoms with van der Waals surface area (Å²) in [5, 5.41) is 18.3. The van der Waals surface area contributed by atoms with Crippen molar-refractivity contribution in [3.63, 3.8) is 0 Å². The Hall–Kier alpha value is -3.39. The first-order valence-corrected chi connectivity index (χ1v) is 14.6. The summed E-state index contributed by atoms with van der Waals surface area (Å²) >= 11 is 1.25. The van der Waals surface area contributed by atoms with Crippen LogP contribution in [-0.2, 0) is 22.6 Å². The summed E-state index contributed by atoms with van der Waals surface area (Å²) in [5.74, 6) is -0.379. The molecule has 3 heterocycles. The first-order valence-electron chi connectivity index (χ1n) is 12.3. The summed E-state index contributed by atoms with van der Waals surface area (Å²) in [5.41, 5.74) is 0.947. The van der Waals surface area contributed by atoms with Crippen LogP contribution in [0.2, 0.25) is 0 Å². The Morgan fingerprint density at radius 2 is 1.80 bits per heavy atom. The third-order valence-corrected chi connectivity index (χ3v) is 10.2. The van der Waals surface area contributed by atoms with Gasteiger partial charge in [0.15, 0.2) is 0 Å². The van der Waals surface area contributed by atoms with Gasteiger partial charge in [0.05, 0.1) is 28.0 Å². The number of nitrogens with zero attached hydrogens (tertiary/aromatic N) is 4. The van der Waals surface area contributed by atoms with Gasteiger partial charge in [-0.2, -0.15) is 22.6 Å². The number of alkyl halides is 3. The molecule has 0 amide bonds. The maximum absolute atomic E-state index is 13.6. The van der Waals surface area contributed by atoms with Gasteiger partial charge in [0, 0.05) is 30.1 Å². The lowest BCUT2D eigenvalue weighted by molar-refractivity contribution is -0.137. The van der Waals surface area contributed by atoms with Crippen molar-refractivity contribution >= 4 is 27.4 Å². The Labute approximate surface area is 231 Å². The van der Waals surface area contributed by atoms with Crippen LogP contribution in [0.4, 0.5) is 17.6 Å². The summed E-state index contributed by atoms with van der Waals surface area (Å²) in [4.78, 5) is 4.03. The third kappa shape index (κ3) is 4.46. The van der Waals surface area contributed by atoms with Crippen LogP contribution in [0.3, 0.4) is 0 Å². The fraction of sp³-hybridized carbons (Fsp3) is 0.259. The molecule has 4 aromatic rings. The molecule has 0 saturated carbocycles. The normalized spacial score (nSPS) is 20.5. The molecule has 1 aliphatic heterocycles. The van der Waals surface area contributed by atoms with Gasteiger partial charge >= 0.3 is 6.18 Å². The molecule has 2 aliphatic rings. The number of thiazole rings is 1. The van der Waals surface area contributed by atoms with Crippen molar-refractivity contribution in [2.45, 2.75) is 30.0 Å². The molecular formula is C27H22F4N4O3S2. The second kappa shape index (κ2) is 9.61. The number of sulfonamides is 1. The first-order chi connectivity index (χ1) is 19.0. The van der Waals surface area contributed by atoms with Gasteiger partial charge in [-0.05, 0) is 73.0 Å². The van der Waals surface area contributed by atoms with E-state index in [2.05, 4.69) is 10.1 Å². The van der Waals surface area contributed by atoms with Crippen LogP contribution in [0, 0.1) is 11.2 Å². The topological polar surface area (TPSA) is 88.3 Å². The van der Waals surface area contributed by atoms with E-state index < -0.39 is 33.3 Å². The van der Waals surface area contributed by atoms with E-state index in [1.807, 2.05) is 6.08 Å². The van der Waals surface area contributed by atoms with Gasteiger partial charge in [-0.15, -0.1) is 11.3 Å². The molecule has 1 fully saturated rings. The Balaban J connectivity index is 1.40. The number of piperidine rings is 1. The number of rotatable bonds is 5. The maximum atomic E-state index is 13.6. The van der Waals surface area contributed by atoms with Gasteiger partial charge in [-0.25, -0.2) is 22.5 Å². The molecule has 40 heavy (non-hydrogen) atoms. The molecule has 1 unspecified atom stereocenters. The van der Waals surface area contributed by atoms with E-state index in [-0.39, 0.29) is 36.6 Å². The van der Waals surface area contributed by atoms with Crippen molar-refractivity contribution in [3.8, 4) is 5.69 Å². The third-order valence-electron chi connectivity index (χ3n) is 7.53. The highest BCUT2D eigenvalue weighted by Crippen LogP contribution is 2.52. The fourth-order valence-electron chi connectivity index (χ4n) is 5.48. The molecule has 1 N–H and O–H groups in total. The summed E-state index contributed by atoms with van der Waals surface area (Å²) in [6.07, 6.45) is -0.117. The van der Waals surface area contributed by atoms with Gasteiger partial charge in [0.2, 0.25) is 10.0 Å². The quantitative estimate of drug-likeness (QED) is 0.321. The standard InChI is InChI=1S/C27H22F4N4O3S2/c28-20-3-5-21(6-4-20)35-23-13-19-9-11-34(40(37,38)22-7-1-18(2-8-22)27(29,30)31)16-26(19,14-17(23)15-33-35)24(36)25-32-10-12-39-25/h1-8,10,12-13,15,24,36H,9,11,14,16H2/t24?,26-/m0/s1. The number of hydrogen-bond acceptors (Lipinski definition) is 6. The molecule has 1 aliphatic carbocycles. The summed E-state index contributed by atoms with van der Waals surface area (Å²) in [7, 11) is -4.18. The monoisotopic (exact) mass is 590 g/mol. The number of benzene rings is 2. The average molecular weight is 591 g/mol. The average Bonchev–Trinajstić information content (AvgIpc) is 3.61. The van der Waals surface area contributed by atoms with Gasteiger partial charge < -0.3 is 5.11 Å². The molecule has 2 aromatic heterocycles. The maximum Gasteiger partial charge on any atom is 0.416 e.